The first kappa shape index (κ1) is 10.0. The number of nitrogens with zero attached hydrogens (tertiary/aromatic N) is 2. The molecule has 0 bridgehead atoms. The summed E-state index contributed by atoms with van der Waals surface area (Å²) in [4.78, 5) is 19.7. The number of amides is 1. The second kappa shape index (κ2) is 5.78. The number of nitrogens with one attached hydrogen (secondary N) is 1. The summed E-state index contributed by atoms with van der Waals surface area (Å²) in [6, 6.07) is 6.16. The van der Waals surface area contributed by atoms with Gasteiger partial charge < -0.3 is 9.88 Å². The number of fused-ring (bicyclic) bond motifs is 2. The highest BCUT2D eigenvalue weighted by Crippen LogP contribution is 2.40. The summed E-state index contributed by atoms with van der Waals surface area (Å²) in [5, 5.41) is 1.16. The fourth-order valence-electron chi connectivity index (χ4n) is 4.05. The molecule has 2 atom stereocenters. The van der Waals surface area contributed by atoms with E-state index in [0.29, 0.717) is 6.54 Å². The normalized spacial score (nSPS) is 27.8. The summed E-state index contributed by atoms with van der Waals surface area (Å²) in [7, 11) is 1.95. The monoisotopic (exact) mass is 329 g/mol. The molecule has 0 fully saturated rings. The van der Waals surface area contributed by atoms with E-state index in [0.717, 1.165) is 33.4 Å². The van der Waals surface area contributed by atoms with Crippen LogP contribution in [0.5, 0.6) is 0 Å². The number of hydrogen-bond acceptors (Lipinski definition) is 2. The smallest absolute Gasteiger partial charge is 0.230 e. The molecule has 2 heterocycles. The predicted molar refractivity (Wildman–Crippen MR) is 97.8 cm³/mol. The van der Waals surface area contributed by atoms with Crippen molar-refractivity contribution in [2.45, 2.75) is 26.2 Å². The van der Waals surface area contributed by atoms with E-state index in [1.54, 1.807) is 0 Å². The zero-order chi connectivity index (χ0) is 21.8. The molecule has 1 aliphatic heterocycles. The molecule has 0 unspecified atom stereocenters. The second-order valence-corrected chi connectivity index (χ2v) is 6.62. The number of carbonyl (C=O) groups excluding carboxylic acids is 1. The van der Waals surface area contributed by atoms with Crippen LogP contribution in [0, 0.1) is 5.92 Å². The van der Waals surface area contributed by atoms with Crippen LogP contribution in [0.15, 0.2) is 30.5 Å². The van der Waals surface area contributed by atoms with Gasteiger partial charge in [0.25, 0.3) is 0 Å². The summed E-state index contributed by atoms with van der Waals surface area (Å²) in [5.74, 6) is -1.05. The minimum absolute atomic E-state index is 0.127. The Balaban J connectivity index is 1.71. The topological polar surface area (TPSA) is 39.3 Å². The standard InChI is InChI=1S/C20H25N3O/c1-4-23(5-2)20(24)14-9-16-15-7-6-8-17-19(15)13(11-21-17)10-18(16)22(3)12-14/h6-9,11,14,18,21H,4-5,10,12H2,1-3H3/t14-,18-/m1/s1/i1D3,2D3. The number of aromatic nitrogens is 1. The molecule has 4 rings (SSSR count). The fraction of sp³-hybridized carbons (Fsp3) is 0.450. The Labute approximate surface area is 151 Å². The lowest BCUT2D eigenvalue weighted by Gasteiger charge is -2.40. The molecule has 4 nitrogen and oxygen atoms in total. The molecule has 2 aliphatic rings. The lowest BCUT2D eigenvalue weighted by molar-refractivity contribution is -0.134. The number of aromatic amines is 1. The van der Waals surface area contributed by atoms with Gasteiger partial charge in [-0.1, -0.05) is 18.2 Å². The van der Waals surface area contributed by atoms with Crippen molar-refractivity contribution in [2.24, 2.45) is 5.92 Å². The Bertz CT molecular complexity index is 990. The molecule has 0 saturated heterocycles. The lowest BCUT2D eigenvalue weighted by atomic mass is 9.79. The molecule has 1 N–H and O–H groups in total. The first-order chi connectivity index (χ1) is 13.9. The number of carbonyl (C=O) groups is 1. The van der Waals surface area contributed by atoms with Gasteiger partial charge in [-0.15, -0.1) is 0 Å². The van der Waals surface area contributed by atoms with Crippen LogP contribution < -0.4 is 0 Å². The molecule has 1 aliphatic carbocycles. The number of H-pyrrole nitrogens is 1. The van der Waals surface area contributed by atoms with Gasteiger partial charge in [0.2, 0.25) is 5.91 Å². The molecule has 1 aromatic carbocycles. The molecule has 0 saturated carbocycles. The molecule has 24 heavy (non-hydrogen) atoms. The van der Waals surface area contributed by atoms with Crippen LogP contribution >= 0.6 is 0 Å². The highest BCUT2D eigenvalue weighted by Gasteiger charge is 2.36. The van der Waals surface area contributed by atoms with Crippen molar-refractivity contribution in [2.75, 3.05) is 26.7 Å². The minimum atomic E-state index is -2.42. The van der Waals surface area contributed by atoms with Crippen LogP contribution in [0.3, 0.4) is 0 Å². The van der Waals surface area contributed by atoms with Gasteiger partial charge >= 0.3 is 0 Å². The van der Waals surface area contributed by atoms with E-state index < -0.39 is 38.6 Å². The summed E-state index contributed by atoms with van der Waals surface area (Å²) < 4.78 is 45.2. The van der Waals surface area contributed by atoms with Crippen molar-refractivity contribution in [3.05, 3.63) is 41.6 Å². The number of likely N-dealkylation sites (N-methyl/N-ethyl adjacent to an activating group) is 1. The van der Waals surface area contributed by atoms with E-state index in [2.05, 4.69) is 9.88 Å². The Morgan fingerprint density at radius 3 is 3.04 bits per heavy atom. The van der Waals surface area contributed by atoms with E-state index in [9.17, 15) is 4.79 Å². The number of hydrogen-bond donors (Lipinski definition) is 1. The van der Waals surface area contributed by atoms with E-state index in [4.69, 9.17) is 8.22 Å². The van der Waals surface area contributed by atoms with Crippen molar-refractivity contribution in [1.82, 2.24) is 14.8 Å². The van der Waals surface area contributed by atoms with Crippen LogP contribution in [-0.4, -0.2) is 53.4 Å². The van der Waals surface area contributed by atoms with Gasteiger partial charge in [-0.25, -0.2) is 0 Å². The Morgan fingerprint density at radius 1 is 1.42 bits per heavy atom. The number of rotatable bonds is 3. The summed E-state index contributed by atoms with van der Waals surface area (Å²) in [5.41, 5.74) is 4.40. The van der Waals surface area contributed by atoms with Crippen LogP contribution in [-0.2, 0) is 11.2 Å². The summed E-state index contributed by atoms with van der Waals surface area (Å²) >= 11 is 0. The molecule has 4 heteroatoms. The Hall–Kier alpha value is -2.07. The largest absolute Gasteiger partial charge is 0.361 e. The van der Waals surface area contributed by atoms with E-state index >= 15 is 0 Å². The van der Waals surface area contributed by atoms with Crippen LogP contribution in [0.25, 0.3) is 16.5 Å². The SMILES string of the molecule is [2H]C([2H])([2H])CN(CC([2H])([2H])[2H])C(=O)[C@@H]1C=C2c3cccc4[nH]cc(c34)C[C@H]2N(C)C1. The van der Waals surface area contributed by atoms with Gasteiger partial charge in [0, 0.05) is 51.0 Å². The average Bonchev–Trinajstić information content (AvgIpc) is 3.03. The summed E-state index contributed by atoms with van der Waals surface area (Å²) in [6.45, 7) is -5.58. The molecule has 0 spiro atoms. The minimum Gasteiger partial charge on any atom is -0.361 e. The highest BCUT2D eigenvalue weighted by atomic mass is 16.2. The van der Waals surface area contributed by atoms with E-state index in [1.807, 2.05) is 37.5 Å². The van der Waals surface area contributed by atoms with Gasteiger partial charge in [0.15, 0.2) is 0 Å². The molecule has 1 amide bonds. The van der Waals surface area contributed by atoms with Crippen LogP contribution in [0.4, 0.5) is 0 Å². The van der Waals surface area contributed by atoms with Crippen molar-refractivity contribution in [3.63, 3.8) is 0 Å². The van der Waals surface area contributed by atoms with Crippen LogP contribution in [0.1, 0.15) is 33.1 Å². The zero-order valence-corrected chi connectivity index (χ0v) is 13.7. The highest BCUT2D eigenvalue weighted by molar-refractivity contribution is 5.99. The van der Waals surface area contributed by atoms with Gasteiger partial charge in [-0.2, -0.15) is 0 Å². The maximum atomic E-state index is 13.3. The van der Waals surface area contributed by atoms with Gasteiger partial charge in [-0.05, 0) is 49.9 Å². The van der Waals surface area contributed by atoms with Crippen molar-refractivity contribution in [3.8, 4) is 0 Å². The van der Waals surface area contributed by atoms with Crippen molar-refractivity contribution >= 4 is 22.4 Å². The van der Waals surface area contributed by atoms with E-state index in [-0.39, 0.29) is 6.04 Å². The average molecular weight is 329 g/mol. The second-order valence-electron chi connectivity index (χ2n) is 6.62. The van der Waals surface area contributed by atoms with Crippen LogP contribution in [0.2, 0.25) is 0 Å². The third-order valence-electron chi connectivity index (χ3n) is 5.28. The maximum absolute atomic E-state index is 13.3. The molecule has 1 aromatic heterocycles. The predicted octanol–water partition coefficient (Wildman–Crippen LogP) is 2.91. The quantitative estimate of drug-likeness (QED) is 0.940. The third kappa shape index (κ3) is 2.20. The molecule has 0 radical (unpaired) electrons. The maximum Gasteiger partial charge on any atom is 0.230 e. The van der Waals surface area contributed by atoms with Gasteiger partial charge in [-0.3, -0.25) is 9.69 Å². The van der Waals surface area contributed by atoms with Crippen molar-refractivity contribution < 1.29 is 13.0 Å². The molecule has 126 valence electrons. The zero-order valence-electron chi connectivity index (χ0n) is 19.7. The lowest BCUT2D eigenvalue weighted by Crippen LogP contribution is -2.47. The van der Waals surface area contributed by atoms with E-state index in [1.165, 1.54) is 5.56 Å². The first-order valence-electron chi connectivity index (χ1n) is 11.2. The summed E-state index contributed by atoms with van der Waals surface area (Å²) in [6.07, 6.45) is 4.78. The molecular weight excluding hydrogens is 298 g/mol. The number of benzene rings is 1. The van der Waals surface area contributed by atoms with Crippen molar-refractivity contribution in [1.29, 1.82) is 0 Å². The first-order valence-corrected chi connectivity index (χ1v) is 8.23. The Morgan fingerprint density at radius 2 is 2.25 bits per heavy atom. The Kier molecular flexibility index (Phi) is 2.42. The molecule has 2 aromatic rings. The van der Waals surface area contributed by atoms with Gasteiger partial charge in [0.1, 0.15) is 0 Å². The fourth-order valence-corrected chi connectivity index (χ4v) is 4.05. The molecular formula is C20H25N3O. The van der Waals surface area contributed by atoms with Gasteiger partial charge in [0.05, 0.1) is 5.92 Å². The third-order valence-corrected chi connectivity index (χ3v) is 5.28.